The smallest absolute Gasteiger partial charge is 0.255 e. The van der Waals surface area contributed by atoms with Crippen LogP contribution in [0.1, 0.15) is 15.9 Å². The van der Waals surface area contributed by atoms with E-state index in [0.717, 1.165) is 5.56 Å². The number of benzene rings is 2. The Morgan fingerprint density at radius 3 is 2.54 bits per heavy atom. The fourth-order valence-electron chi connectivity index (χ4n) is 3.48. The third kappa shape index (κ3) is 5.70. The molecule has 1 fully saturated rings. The second kappa shape index (κ2) is 10.7. The Bertz CT molecular complexity index is 1290. The Morgan fingerprint density at radius 1 is 1.09 bits per heavy atom. The van der Waals surface area contributed by atoms with Gasteiger partial charge in [-0.05, 0) is 54.1 Å². The molecule has 0 bridgehead atoms. The standard InChI is InChI=1S/C24H25N3O7S/c1-32-22-5-2-18(14-23(22)34-16-17-6-8-25-9-7-17)24(29)26-20-15-19(3-4-21(20)28)35(30,31)27-10-12-33-13-11-27/h2-9,14-15,28H,10-13,16H2,1H3,(H,26,29). The molecule has 0 unspecified atom stereocenters. The number of anilines is 1. The normalized spacial score (nSPS) is 14.3. The van der Waals surface area contributed by atoms with Gasteiger partial charge in [0.1, 0.15) is 12.4 Å². The van der Waals surface area contributed by atoms with Crippen molar-refractivity contribution in [2.45, 2.75) is 11.5 Å². The van der Waals surface area contributed by atoms with E-state index in [2.05, 4.69) is 10.3 Å². The molecular formula is C24H25N3O7S. The van der Waals surface area contributed by atoms with Gasteiger partial charge in [-0.2, -0.15) is 4.31 Å². The molecule has 1 aliphatic rings. The van der Waals surface area contributed by atoms with Gasteiger partial charge in [-0.25, -0.2) is 8.42 Å². The number of methoxy groups -OCH3 is 1. The third-order valence-electron chi connectivity index (χ3n) is 5.39. The zero-order chi connectivity index (χ0) is 24.8. The van der Waals surface area contributed by atoms with Gasteiger partial charge in [-0.3, -0.25) is 9.78 Å². The lowest BCUT2D eigenvalue weighted by Crippen LogP contribution is -2.40. The number of carbonyl (C=O) groups excluding carboxylic acids is 1. The number of aromatic hydroxyl groups is 1. The van der Waals surface area contributed by atoms with Crippen molar-refractivity contribution in [1.29, 1.82) is 0 Å². The van der Waals surface area contributed by atoms with E-state index in [9.17, 15) is 18.3 Å². The first-order valence-electron chi connectivity index (χ1n) is 10.8. The fourth-order valence-corrected chi connectivity index (χ4v) is 4.91. The molecule has 11 heteroatoms. The van der Waals surface area contributed by atoms with Crippen LogP contribution in [0.4, 0.5) is 5.69 Å². The number of carbonyl (C=O) groups is 1. The number of pyridine rings is 1. The first-order chi connectivity index (χ1) is 16.9. The number of nitrogens with zero attached hydrogens (tertiary/aromatic N) is 2. The first kappa shape index (κ1) is 24.5. The van der Waals surface area contributed by atoms with Crippen molar-refractivity contribution in [2.24, 2.45) is 0 Å². The van der Waals surface area contributed by atoms with Crippen LogP contribution >= 0.6 is 0 Å². The van der Waals surface area contributed by atoms with Crippen molar-refractivity contribution in [3.63, 3.8) is 0 Å². The Balaban J connectivity index is 1.53. The molecule has 1 aliphatic heterocycles. The lowest BCUT2D eigenvalue weighted by atomic mass is 10.1. The quantitative estimate of drug-likeness (QED) is 0.453. The molecule has 0 spiro atoms. The van der Waals surface area contributed by atoms with Gasteiger partial charge in [0.25, 0.3) is 5.91 Å². The topological polar surface area (TPSA) is 127 Å². The van der Waals surface area contributed by atoms with Crippen molar-refractivity contribution in [3.05, 3.63) is 72.1 Å². The summed E-state index contributed by atoms with van der Waals surface area (Å²) in [4.78, 5) is 16.9. The molecule has 2 aromatic carbocycles. The maximum atomic E-state index is 13.0. The van der Waals surface area contributed by atoms with Gasteiger partial charge in [0.05, 0.1) is 30.9 Å². The Hall–Kier alpha value is -3.67. The molecule has 2 N–H and O–H groups in total. The maximum absolute atomic E-state index is 13.0. The summed E-state index contributed by atoms with van der Waals surface area (Å²) in [5.74, 6) is -0.0264. The highest BCUT2D eigenvalue weighted by molar-refractivity contribution is 7.89. The summed E-state index contributed by atoms with van der Waals surface area (Å²) in [7, 11) is -2.31. The summed E-state index contributed by atoms with van der Waals surface area (Å²) in [5, 5.41) is 12.8. The number of ether oxygens (including phenoxy) is 3. The van der Waals surface area contributed by atoms with Crippen molar-refractivity contribution in [3.8, 4) is 17.2 Å². The second-order valence-corrected chi connectivity index (χ2v) is 9.60. The van der Waals surface area contributed by atoms with E-state index < -0.39 is 15.9 Å². The summed E-state index contributed by atoms with van der Waals surface area (Å²) < 4.78 is 43.6. The average Bonchev–Trinajstić information content (AvgIpc) is 2.89. The minimum atomic E-state index is -3.80. The van der Waals surface area contributed by atoms with Crippen LogP contribution in [-0.2, 0) is 21.4 Å². The Kier molecular flexibility index (Phi) is 7.49. The van der Waals surface area contributed by atoms with Crippen LogP contribution in [0.25, 0.3) is 0 Å². The predicted octanol–water partition coefficient (Wildman–Crippen LogP) is 2.65. The average molecular weight is 500 g/mol. The lowest BCUT2D eigenvalue weighted by molar-refractivity contribution is 0.0730. The van der Waals surface area contributed by atoms with Crippen molar-refractivity contribution in [1.82, 2.24) is 9.29 Å². The van der Waals surface area contributed by atoms with Crippen molar-refractivity contribution < 1.29 is 32.5 Å². The van der Waals surface area contributed by atoms with E-state index in [-0.39, 0.29) is 41.6 Å². The number of phenolic OH excluding ortho intramolecular Hbond substituents is 1. The number of aromatic nitrogens is 1. The number of amides is 1. The molecule has 1 saturated heterocycles. The molecule has 10 nitrogen and oxygen atoms in total. The monoisotopic (exact) mass is 499 g/mol. The molecule has 0 radical (unpaired) electrons. The van der Waals surface area contributed by atoms with Gasteiger partial charge in [-0.1, -0.05) is 0 Å². The summed E-state index contributed by atoms with van der Waals surface area (Å²) in [6.45, 7) is 1.33. The van der Waals surface area contributed by atoms with Gasteiger partial charge in [0, 0.05) is 31.0 Å². The summed E-state index contributed by atoms with van der Waals surface area (Å²) >= 11 is 0. The number of rotatable bonds is 8. The van der Waals surface area contributed by atoms with Crippen LogP contribution in [-0.4, -0.2) is 62.1 Å². The molecule has 3 aromatic rings. The Labute approximate surface area is 203 Å². The number of nitrogens with one attached hydrogen (secondary N) is 1. The van der Waals surface area contributed by atoms with Crippen LogP contribution in [0, 0.1) is 0 Å². The zero-order valence-electron chi connectivity index (χ0n) is 19.0. The van der Waals surface area contributed by atoms with Crippen LogP contribution in [0.2, 0.25) is 0 Å². The minimum Gasteiger partial charge on any atom is -0.506 e. The highest BCUT2D eigenvalue weighted by Crippen LogP contribution is 2.31. The van der Waals surface area contributed by atoms with E-state index in [1.165, 1.54) is 35.7 Å². The van der Waals surface area contributed by atoms with Crippen LogP contribution < -0.4 is 14.8 Å². The van der Waals surface area contributed by atoms with E-state index in [0.29, 0.717) is 24.7 Å². The molecule has 35 heavy (non-hydrogen) atoms. The minimum absolute atomic E-state index is 0.0283. The number of hydrogen-bond acceptors (Lipinski definition) is 8. The lowest BCUT2D eigenvalue weighted by Gasteiger charge is -2.26. The van der Waals surface area contributed by atoms with E-state index >= 15 is 0 Å². The number of phenols is 1. The summed E-state index contributed by atoms with van der Waals surface area (Å²) in [6, 6.07) is 12.0. The first-order valence-corrected chi connectivity index (χ1v) is 12.2. The van der Waals surface area contributed by atoms with Gasteiger partial charge in [0.2, 0.25) is 10.0 Å². The van der Waals surface area contributed by atoms with Gasteiger partial charge >= 0.3 is 0 Å². The molecule has 1 aromatic heterocycles. The van der Waals surface area contributed by atoms with Crippen molar-refractivity contribution >= 4 is 21.6 Å². The van der Waals surface area contributed by atoms with Crippen LogP contribution in [0.3, 0.4) is 0 Å². The van der Waals surface area contributed by atoms with Crippen molar-refractivity contribution in [2.75, 3.05) is 38.7 Å². The molecule has 0 aliphatic carbocycles. The number of sulfonamides is 1. The highest BCUT2D eigenvalue weighted by atomic mass is 32.2. The maximum Gasteiger partial charge on any atom is 0.255 e. The molecule has 184 valence electrons. The summed E-state index contributed by atoms with van der Waals surface area (Å²) in [5.41, 5.74) is 1.09. The third-order valence-corrected chi connectivity index (χ3v) is 7.29. The summed E-state index contributed by atoms with van der Waals surface area (Å²) in [6.07, 6.45) is 3.30. The molecule has 0 atom stereocenters. The SMILES string of the molecule is COc1ccc(C(=O)Nc2cc(S(=O)(=O)N3CCOCC3)ccc2O)cc1OCc1ccncc1. The van der Waals surface area contributed by atoms with E-state index in [4.69, 9.17) is 14.2 Å². The van der Waals surface area contributed by atoms with Crippen LogP contribution in [0.15, 0.2) is 65.8 Å². The van der Waals surface area contributed by atoms with Gasteiger partial charge in [0.15, 0.2) is 11.5 Å². The molecule has 0 saturated carbocycles. The van der Waals surface area contributed by atoms with Gasteiger partial charge in [-0.15, -0.1) is 0 Å². The second-order valence-electron chi connectivity index (χ2n) is 7.66. The molecule has 1 amide bonds. The highest BCUT2D eigenvalue weighted by Gasteiger charge is 2.27. The molecular weight excluding hydrogens is 474 g/mol. The number of hydrogen-bond donors (Lipinski definition) is 2. The van der Waals surface area contributed by atoms with E-state index in [1.807, 2.05) is 12.1 Å². The zero-order valence-corrected chi connectivity index (χ0v) is 19.8. The van der Waals surface area contributed by atoms with Gasteiger partial charge < -0.3 is 24.6 Å². The predicted molar refractivity (Wildman–Crippen MR) is 127 cm³/mol. The van der Waals surface area contributed by atoms with Crippen LogP contribution in [0.5, 0.6) is 17.2 Å². The van der Waals surface area contributed by atoms with E-state index in [1.54, 1.807) is 24.5 Å². The fraction of sp³-hybridized carbons (Fsp3) is 0.250. The largest absolute Gasteiger partial charge is 0.506 e. The Morgan fingerprint density at radius 2 is 1.83 bits per heavy atom. The number of morpholine rings is 1. The molecule has 4 rings (SSSR count). The molecule has 2 heterocycles.